The molecule has 1 N–H and O–H groups in total. The van der Waals surface area contributed by atoms with Crippen LogP contribution in [0.5, 0.6) is 11.5 Å². The Labute approximate surface area is 149 Å². The monoisotopic (exact) mass is 379 g/mol. The Bertz CT molecular complexity index is 1000. The quantitative estimate of drug-likeness (QED) is 0.653. The Hall–Kier alpha value is -2.58. The van der Waals surface area contributed by atoms with E-state index in [2.05, 4.69) is 9.50 Å². The van der Waals surface area contributed by atoms with E-state index >= 15 is 0 Å². The highest BCUT2D eigenvalue weighted by Gasteiger charge is 2.30. The second-order valence-electron chi connectivity index (χ2n) is 5.20. The summed E-state index contributed by atoms with van der Waals surface area (Å²) in [5.41, 5.74) is 0.793. The molecule has 0 amide bonds. The van der Waals surface area contributed by atoms with Gasteiger partial charge in [-0.2, -0.15) is 13.5 Å². The fraction of sp³-hybridized carbons (Fsp3) is 0.125. The van der Waals surface area contributed by atoms with E-state index in [9.17, 15) is 13.5 Å². The predicted octanol–water partition coefficient (Wildman–Crippen LogP) is 2.47. The van der Waals surface area contributed by atoms with Crippen LogP contribution in [-0.4, -0.2) is 44.7 Å². The number of amidine groups is 1. The van der Waals surface area contributed by atoms with Gasteiger partial charge in [0.15, 0.2) is 17.3 Å². The number of aromatic hydroxyl groups is 1. The van der Waals surface area contributed by atoms with Crippen molar-refractivity contribution in [3.05, 3.63) is 52.5 Å². The molecule has 0 fully saturated rings. The molecule has 9 heteroatoms. The van der Waals surface area contributed by atoms with Crippen molar-refractivity contribution in [2.75, 3.05) is 14.2 Å². The van der Waals surface area contributed by atoms with Gasteiger partial charge < -0.3 is 9.84 Å². The zero-order valence-corrected chi connectivity index (χ0v) is 14.9. The van der Waals surface area contributed by atoms with Gasteiger partial charge in [0.1, 0.15) is 4.90 Å². The van der Waals surface area contributed by atoms with E-state index < -0.39 is 10.0 Å². The molecule has 1 aliphatic heterocycles. The number of hydrogen-bond acceptors (Lipinski definition) is 6. The SMILES string of the molecule is COc1cc(Cl)cc(C=NN(C)C2=NS(=O)(=O)c3ccccc32)c1O. The van der Waals surface area contributed by atoms with Crippen molar-refractivity contribution in [3.8, 4) is 11.5 Å². The maximum Gasteiger partial charge on any atom is 0.285 e. The maximum atomic E-state index is 12.1. The lowest BCUT2D eigenvalue weighted by Crippen LogP contribution is -2.21. The molecule has 1 heterocycles. The minimum atomic E-state index is -3.73. The molecule has 3 rings (SSSR count). The van der Waals surface area contributed by atoms with Crippen molar-refractivity contribution in [1.82, 2.24) is 5.01 Å². The van der Waals surface area contributed by atoms with E-state index in [0.717, 1.165) is 0 Å². The van der Waals surface area contributed by atoms with Gasteiger partial charge in [-0.1, -0.05) is 23.7 Å². The molecule has 25 heavy (non-hydrogen) atoms. The van der Waals surface area contributed by atoms with Gasteiger partial charge in [0, 0.05) is 29.3 Å². The van der Waals surface area contributed by atoms with Gasteiger partial charge in [0.2, 0.25) is 0 Å². The van der Waals surface area contributed by atoms with Gasteiger partial charge in [-0.25, -0.2) is 5.01 Å². The fourth-order valence-electron chi connectivity index (χ4n) is 2.37. The Morgan fingerprint density at radius 1 is 1.32 bits per heavy atom. The number of nitrogens with zero attached hydrogens (tertiary/aromatic N) is 3. The summed E-state index contributed by atoms with van der Waals surface area (Å²) in [6.07, 6.45) is 1.35. The van der Waals surface area contributed by atoms with Crippen LogP contribution in [0.1, 0.15) is 11.1 Å². The molecular formula is C16H14ClN3O4S. The van der Waals surface area contributed by atoms with Gasteiger partial charge in [-0.05, 0) is 18.2 Å². The molecule has 2 aromatic carbocycles. The van der Waals surface area contributed by atoms with E-state index in [4.69, 9.17) is 16.3 Å². The fourth-order valence-corrected chi connectivity index (χ4v) is 3.82. The van der Waals surface area contributed by atoms with Crippen LogP contribution in [0, 0.1) is 0 Å². The van der Waals surface area contributed by atoms with E-state index in [1.165, 1.54) is 36.5 Å². The summed E-state index contributed by atoms with van der Waals surface area (Å²) < 4.78 is 33.0. The second-order valence-corrected chi connectivity index (χ2v) is 7.21. The molecule has 0 saturated carbocycles. The van der Waals surface area contributed by atoms with Crippen molar-refractivity contribution in [2.24, 2.45) is 9.50 Å². The molecular weight excluding hydrogens is 366 g/mol. The summed E-state index contributed by atoms with van der Waals surface area (Å²) >= 11 is 5.98. The number of hydrogen-bond donors (Lipinski definition) is 1. The van der Waals surface area contributed by atoms with Gasteiger partial charge in [-0.3, -0.25) is 0 Å². The smallest absolute Gasteiger partial charge is 0.285 e. The molecule has 7 nitrogen and oxygen atoms in total. The molecule has 0 atom stereocenters. The average Bonchev–Trinajstić information content (AvgIpc) is 2.87. The minimum absolute atomic E-state index is 0.120. The maximum absolute atomic E-state index is 12.1. The molecule has 0 radical (unpaired) electrons. The number of phenolic OH excluding ortho intramolecular Hbond substituents is 1. The van der Waals surface area contributed by atoms with E-state index in [1.807, 2.05) is 0 Å². The molecule has 0 unspecified atom stereocenters. The van der Waals surface area contributed by atoms with Crippen molar-refractivity contribution < 1.29 is 18.3 Å². The van der Waals surface area contributed by atoms with Crippen molar-refractivity contribution in [1.29, 1.82) is 0 Å². The Kier molecular flexibility index (Phi) is 4.40. The first-order valence-electron chi connectivity index (χ1n) is 7.12. The number of rotatable bonds is 3. The highest BCUT2D eigenvalue weighted by atomic mass is 35.5. The number of benzene rings is 2. The number of hydrazone groups is 1. The summed E-state index contributed by atoms with van der Waals surface area (Å²) in [4.78, 5) is 0.138. The lowest BCUT2D eigenvalue weighted by molar-refractivity contribution is 0.373. The summed E-state index contributed by atoms with van der Waals surface area (Å²) in [6, 6.07) is 9.49. The lowest BCUT2D eigenvalue weighted by Gasteiger charge is -2.13. The molecule has 1 aliphatic rings. The van der Waals surface area contributed by atoms with Crippen LogP contribution in [0.15, 0.2) is 50.8 Å². The molecule has 0 aliphatic carbocycles. The van der Waals surface area contributed by atoms with Crippen LogP contribution in [0.2, 0.25) is 5.02 Å². The second kappa shape index (κ2) is 6.38. The van der Waals surface area contributed by atoms with Crippen molar-refractivity contribution >= 4 is 33.7 Å². The zero-order valence-electron chi connectivity index (χ0n) is 13.3. The summed E-state index contributed by atoms with van der Waals surface area (Å²) in [5, 5.41) is 16.0. The van der Waals surface area contributed by atoms with Gasteiger partial charge in [0.25, 0.3) is 10.0 Å². The average molecular weight is 380 g/mol. The first-order chi connectivity index (χ1) is 11.8. The highest BCUT2D eigenvalue weighted by Crippen LogP contribution is 2.32. The Morgan fingerprint density at radius 3 is 2.76 bits per heavy atom. The third kappa shape index (κ3) is 3.18. The van der Waals surface area contributed by atoms with Crippen LogP contribution in [0.25, 0.3) is 0 Å². The summed E-state index contributed by atoms with van der Waals surface area (Å²) in [5.74, 6) is 0.286. The van der Waals surface area contributed by atoms with Gasteiger partial charge >= 0.3 is 0 Å². The van der Waals surface area contributed by atoms with Crippen LogP contribution in [0.4, 0.5) is 0 Å². The molecule has 0 bridgehead atoms. The molecule has 130 valence electrons. The predicted molar refractivity (Wildman–Crippen MR) is 95.2 cm³/mol. The van der Waals surface area contributed by atoms with Crippen LogP contribution < -0.4 is 4.74 Å². The molecule has 0 aromatic heterocycles. The third-order valence-electron chi connectivity index (χ3n) is 3.58. The molecule has 0 saturated heterocycles. The van der Waals surface area contributed by atoms with Crippen LogP contribution in [0.3, 0.4) is 0 Å². The number of halogens is 1. The Morgan fingerprint density at radius 2 is 2.04 bits per heavy atom. The molecule has 0 spiro atoms. The lowest BCUT2D eigenvalue weighted by atomic mass is 10.2. The van der Waals surface area contributed by atoms with Crippen molar-refractivity contribution in [3.63, 3.8) is 0 Å². The number of phenols is 1. The minimum Gasteiger partial charge on any atom is -0.504 e. The molecule has 2 aromatic rings. The topological polar surface area (TPSA) is 91.6 Å². The number of sulfonamides is 1. The highest BCUT2D eigenvalue weighted by molar-refractivity contribution is 7.90. The summed E-state index contributed by atoms with van der Waals surface area (Å²) in [6.45, 7) is 0. The third-order valence-corrected chi connectivity index (χ3v) is 5.12. The number of methoxy groups -OCH3 is 1. The van der Waals surface area contributed by atoms with E-state index in [-0.39, 0.29) is 22.2 Å². The van der Waals surface area contributed by atoms with Gasteiger partial charge in [-0.15, -0.1) is 4.40 Å². The van der Waals surface area contributed by atoms with Crippen molar-refractivity contribution in [2.45, 2.75) is 4.90 Å². The normalized spacial score (nSPS) is 15.1. The van der Waals surface area contributed by atoms with Crippen LogP contribution >= 0.6 is 11.6 Å². The van der Waals surface area contributed by atoms with E-state index in [0.29, 0.717) is 16.1 Å². The summed E-state index contributed by atoms with van der Waals surface area (Å²) in [7, 11) is -0.755. The number of fused-ring (bicyclic) bond motifs is 1. The first-order valence-corrected chi connectivity index (χ1v) is 8.94. The number of ether oxygens (including phenoxy) is 1. The zero-order chi connectivity index (χ0) is 18.2. The largest absolute Gasteiger partial charge is 0.504 e. The van der Waals surface area contributed by atoms with Gasteiger partial charge in [0.05, 0.1) is 13.3 Å². The standard InChI is InChI=1S/C16H14ClN3O4S/c1-20(16-12-5-3-4-6-14(12)25(22,23)19-16)18-9-10-7-11(17)8-13(24-2)15(10)21/h3-9,21H,1-2H3. The van der Waals surface area contributed by atoms with E-state index in [1.54, 1.807) is 25.2 Å². The first kappa shape index (κ1) is 17.2. The Balaban J connectivity index is 1.95. The van der Waals surface area contributed by atoms with Crippen LogP contribution in [-0.2, 0) is 10.0 Å².